The number of rotatable bonds is 4. The van der Waals surface area contributed by atoms with Crippen molar-refractivity contribution in [1.82, 2.24) is 10.2 Å². The van der Waals surface area contributed by atoms with E-state index in [0.29, 0.717) is 22.6 Å². The van der Waals surface area contributed by atoms with Crippen molar-refractivity contribution < 1.29 is 14.4 Å². The van der Waals surface area contributed by atoms with Gasteiger partial charge in [-0.05, 0) is 17.7 Å². The molecule has 0 unspecified atom stereocenters. The van der Waals surface area contributed by atoms with Crippen LogP contribution in [0.2, 0.25) is 0 Å². The van der Waals surface area contributed by atoms with Crippen LogP contribution >= 0.6 is 0 Å². The van der Waals surface area contributed by atoms with Crippen LogP contribution in [0.3, 0.4) is 0 Å². The highest BCUT2D eigenvalue weighted by atomic mass is 16.6. The molecule has 4 rings (SSSR count). The fourth-order valence-electron chi connectivity index (χ4n) is 3.37. The summed E-state index contributed by atoms with van der Waals surface area (Å²) in [7, 11) is 1.57. The molecule has 0 bridgehead atoms. The Hall–Kier alpha value is -4.32. The van der Waals surface area contributed by atoms with Crippen LogP contribution in [0.1, 0.15) is 17.0 Å². The fourth-order valence-corrected chi connectivity index (χ4v) is 3.37. The van der Waals surface area contributed by atoms with Gasteiger partial charge in [0, 0.05) is 17.7 Å². The van der Waals surface area contributed by atoms with Gasteiger partial charge in [0.05, 0.1) is 29.2 Å². The van der Waals surface area contributed by atoms with E-state index < -0.39 is 10.8 Å². The minimum Gasteiger partial charge on any atom is -0.497 e. The van der Waals surface area contributed by atoms with Gasteiger partial charge in [0.2, 0.25) is 11.8 Å². The average Bonchev–Trinajstić information content (AvgIpc) is 3.16. The number of non-ortho nitro benzene ring substituents is 1. The standard InChI is InChI=1S/C20H15N5O4/c1-28-14-4-2-3-12(9-14)18-17-16(11-5-7-13(8-6-11)25(26)27)15(10-21)19(22)29-20(17)24-23-18/h2-9,16H,22H2,1H3,(H,23,24)/t16-/m1/s1. The zero-order valence-electron chi connectivity index (χ0n) is 15.2. The van der Waals surface area contributed by atoms with Crippen LogP contribution in [0.15, 0.2) is 60.0 Å². The summed E-state index contributed by atoms with van der Waals surface area (Å²) in [6.45, 7) is 0. The van der Waals surface area contributed by atoms with Crippen molar-refractivity contribution in [1.29, 1.82) is 5.26 Å². The summed E-state index contributed by atoms with van der Waals surface area (Å²) in [6, 6.07) is 15.4. The highest BCUT2D eigenvalue weighted by Gasteiger charge is 2.35. The Kier molecular flexibility index (Phi) is 4.37. The molecule has 9 heteroatoms. The normalized spacial score (nSPS) is 15.2. The van der Waals surface area contributed by atoms with Gasteiger partial charge < -0.3 is 15.2 Å². The smallest absolute Gasteiger partial charge is 0.269 e. The van der Waals surface area contributed by atoms with Gasteiger partial charge in [-0.25, -0.2) is 0 Å². The minimum atomic E-state index is -0.593. The lowest BCUT2D eigenvalue weighted by molar-refractivity contribution is -0.384. The number of methoxy groups -OCH3 is 1. The summed E-state index contributed by atoms with van der Waals surface area (Å²) < 4.78 is 10.9. The summed E-state index contributed by atoms with van der Waals surface area (Å²) in [5, 5.41) is 27.9. The molecule has 2 heterocycles. The number of nitrogens with zero attached hydrogens (tertiary/aromatic N) is 3. The number of nitro benzene ring substituents is 1. The van der Waals surface area contributed by atoms with E-state index >= 15 is 0 Å². The Bertz CT molecular complexity index is 1170. The lowest BCUT2D eigenvalue weighted by Gasteiger charge is -2.24. The molecule has 2 aromatic carbocycles. The molecule has 144 valence electrons. The summed E-state index contributed by atoms with van der Waals surface area (Å²) in [5.74, 6) is 0.268. The maximum atomic E-state index is 11.0. The quantitative estimate of drug-likeness (QED) is 0.515. The minimum absolute atomic E-state index is 0.0447. The van der Waals surface area contributed by atoms with Crippen LogP contribution in [-0.4, -0.2) is 22.2 Å². The maximum absolute atomic E-state index is 11.0. The van der Waals surface area contributed by atoms with E-state index in [4.69, 9.17) is 15.2 Å². The third kappa shape index (κ3) is 3.02. The second-order valence-electron chi connectivity index (χ2n) is 6.32. The van der Waals surface area contributed by atoms with Gasteiger partial charge in [0.25, 0.3) is 5.69 Å². The number of ether oxygens (including phenoxy) is 2. The van der Waals surface area contributed by atoms with E-state index in [1.165, 1.54) is 12.1 Å². The number of nitrogens with one attached hydrogen (secondary N) is 1. The summed E-state index contributed by atoms with van der Waals surface area (Å²) in [4.78, 5) is 10.5. The van der Waals surface area contributed by atoms with Crippen molar-refractivity contribution in [3.05, 3.63) is 81.2 Å². The van der Waals surface area contributed by atoms with Gasteiger partial charge in [-0.2, -0.15) is 5.26 Å². The zero-order chi connectivity index (χ0) is 20.5. The number of hydrogen-bond donors (Lipinski definition) is 2. The SMILES string of the molecule is COc1cccc(-c2[nH]nc3c2[C@H](c2ccc([N+](=O)[O-])cc2)C(C#N)=C(N)O3)c1. The first-order chi connectivity index (χ1) is 14.0. The van der Waals surface area contributed by atoms with Crippen LogP contribution < -0.4 is 15.2 Å². The van der Waals surface area contributed by atoms with Crippen LogP contribution in [-0.2, 0) is 0 Å². The molecule has 0 saturated carbocycles. The topological polar surface area (TPSA) is 140 Å². The van der Waals surface area contributed by atoms with Gasteiger partial charge in [-0.1, -0.05) is 24.3 Å². The predicted octanol–water partition coefficient (Wildman–Crippen LogP) is 3.21. The highest BCUT2D eigenvalue weighted by Crippen LogP contribution is 2.46. The molecule has 3 aromatic rings. The number of hydrogen-bond acceptors (Lipinski definition) is 7. The van der Waals surface area contributed by atoms with Crippen LogP contribution in [0, 0.1) is 21.4 Å². The number of nitro groups is 1. The molecule has 1 aromatic heterocycles. The van der Waals surface area contributed by atoms with Gasteiger partial charge in [-0.15, -0.1) is 5.10 Å². The summed E-state index contributed by atoms with van der Waals surface area (Å²) >= 11 is 0. The number of aromatic nitrogens is 2. The van der Waals surface area contributed by atoms with E-state index in [1.807, 2.05) is 24.3 Å². The van der Waals surface area contributed by atoms with E-state index in [9.17, 15) is 15.4 Å². The number of nitrogens with two attached hydrogens (primary N) is 1. The number of nitriles is 1. The Balaban J connectivity index is 1.90. The second kappa shape index (κ2) is 7.01. The van der Waals surface area contributed by atoms with Crippen molar-refractivity contribution in [2.45, 2.75) is 5.92 Å². The molecule has 0 fully saturated rings. The van der Waals surface area contributed by atoms with Gasteiger partial charge in [0.1, 0.15) is 17.4 Å². The maximum Gasteiger partial charge on any atom is 0.269 e. The van der Waals surface area contributed by atoms with E-state index in [2.05, 4.69) is 16.3 Å². The molecular weight excluding hydrogens is 374 g/mol. The Labute approximate surface area is 165 Å². The van der Waals surface area contributed by atoms with Crippen molar-refractivity contribution >= 4 is 5.69 Å². The first-order valence-electron chi connectivity index (χ1n) is 8.58. The first-order valence-corrected chi connectivity index (χ1v) is 8.58. The largest absolute Gasteiger partial charge is 0.497 e. The lowest BCUT2D eigenvalue weighted by atomic mass is 9.83. The number of benzene rings is 2. The lowest BCUT2D eigenvalue weighted by Crippen LogP contribution is -2.21. The molecule has 0 radical (unpaired) electrons. The molecule has 1 aliphatic heterocycles. The second-order valence-corrected chi connectivity index (χ2v) is 6.32. The van der Waals surface area contributed by atoms with E-state index in [0.717, 1.165) is 5.56 Å². The van der Waals surface area contributed by atoms with E-state index in [1.54, 1.807) is 19.2 Å². The van der Waals surface area contributed by atoms with Crippen LogP contribution in [0.4, 0.5) is 5.69 Å². The van der Waals surface area contributed by atoms with Crippen molar-refractivity contribution in [2.24, 2.45) is 5.73 Å². The number of fused-ring (bicyclic) bond motifs is 1. The third-order valence-corrected chi connectivity index (χ3v) is 4.73. The third-order valence-electron chi connectivity index (χ3n) is 4.73. The van der Waals surface area contributed by atoms with Crippen molar-refractivity contribution in [3.63, 3.8) is 0 Å². The Morgan fingerprint density at radius 3 is 2.72 bits per heavy atom. The van der Waals surface area contributed by atoms with Gasteiger partial charge in [-0.3, -0.25) is 15.2 Å². The van der Waals surface area contributed by atoms with Crippen LogP contribution in [0.25, 0.3) is 11.3 Å². The monoisotopic (exact) mass is 389 g/mol. The molecule has 0 aliphatic carbocycles. The molecule has 0 amide bonds. The molecule has 1 aliphatic rings. The number of allylic oxidation sites excluding steroid dienone is 1. The Morgan fingerprint density at radius 2 is 2.07 bits per heavy atom. The number of H-pyrrole nitrogens is 1. The zero-order valence-corrected chi connectivity index (χ0v) is 15.2. The summed E-state index contributed by atoms with van der Waals surface area (Å²) in [6.07, 6.45) is 0. The molecule has 3 N–H and O–H groups in total. The molecular formula is C20H15N5O4. The first kappa shape index (κ1) is 18.1. The average molecular weight is 389 g/mol. The van der Waals surface area contributed by atoms with Crippen molar-refractivity contribution in [3.8, 4) is 29.0 Å². The highest BCUT2D eigenvalue weighted by molar-refractivity contribution is 5.71. The predicted molar refractivity (Wildman–Crippen MR) is 103 cm³/mol. The van der Waals surface area contributed by atoms with Crippen LogP contribution in [0.5, 0.6) is 11.6 Å². The molecule has 1 atom stereocenters. The molecule has 0 saturated heterocycles. The van der Waals surface area contributed by atoms with Crippen molar-refractivity contribution in [2.75, 3.05) is 7.11 Å². The van der Waals surface area contributed by atoms with Gasteiger partial charge >= 0.3 is 0 Å². The fraction of sp³-hybridized carbons (Fsp3) is 0.100. The molecule has 29 heavy (non-hydrogen) atoms. The molecule has 9 nitrogen and oxygen atoms in total. The van der Waals surface area contributed by atoms with Gasteiger partial charge in [0.15, 0.2) is 0 Å². The Morgan fingerprint density at radius 1 is 1.31 bits per heavy atom. The van der Waals surface area contributed by atoms with E-state index in [-0.39, 0.29) is 23.0 Å². The number of aromatic amines is 1. The molecule has 0 spiro atoms. The summed E-state index contributed by atoms with van der Waals surface area (Å²) in [5.41, 5.74) is 8.82.